The Balaban J connectivity index is 1.57. The molecule has 0 spiro atoms. The molecule has 1 saturated heterocycles. The number of benzene rings is 2. The van der Waals surface area contributed by atoms with Crippen molar-refractivity contribution in [2.24, 2.45) is 5.41 Å². The second kappa shape index (κ2) is 8.43. The van der Waals surface area contributed by atoms with E-state index in [4.69, 9.17) is 4.74 Å². The minimum atomic E-state index is -1.55. The van der Waals surface area contributed by atoms with Crippen molar-refractivity contribution in [1.82, 2.24) is 9.80 Å². The molecule has 2 aliphatic heterocycles. The largest absolute Gasteiger partial charge is 0.465 e. The van der Waals surface area contributed by atoms with E-state index >= 15 is 0 Å². The van der Waals surface area contributed by atoms with Crippen LogP contribution < -0.4 is 0 Å². The van der Waals surface area contributed by atoms with Crippen LogP contribution in [-0.2, 0) is 20.9 Å². The molecule has 0 bridgehead atoms. The zero-order chi connectivity index (χ0) is 22.0. The molecule has 2 aromatic carbocycles. The number of imide groups is 1. The zero-order valence-electron chi connectivity index (χ0n) is 17.4. The number of hydrogen-bond acceptors (Lipinski definition) is 6. The predicted octanol–water partition coefficient (Wildman–Crippen LogP) is 2.31. The summed E-state index contributed by atoms with van der Waals surface area (Å²) in [7, 11) is 0. The maximum atomic E-state index is 13.3. The van der Waals surface area contributed by atoms with Gasteiger partial charge in [0.1, 0.15) is 5.41 Å². The topological polar surface area (TPSA) is 84.0 Å². The molecule has 0 N–H and O–H groups in total. The van der Waals surface area contributed by atoms with Gasteiger partial charge in [-0.15, -0.1) is 0 Å². The molecule has 0 radical (unpaired) electrons. The van der Waals surface area contributed by atoms with Crippen LogP contribution in [0.3, 0.4) is 0 Å². The maximum absolute atomic E-state index is 13.3. The highest BCUT2D eigenvalue weighted by molar-refractivity contribution is 6.22. The first-order valence-electron chi connectivity index (χ1n) is 10.4. The van der Waals surface area contributed by atoms with Crippen LogP contribution in [0.15, 0.2) is 54.6 Å². The summed E-state index contributed by atoms with van der Waals surface area (Å²) < 4.78 is 5.24. The monoisotopic (exact) mass is 420 g/mol. The second-order valence-corrected chi connectivity index (χ2v) is 7.91. The van der Waals surface area contributed by atoms with E-state index in [9.17, 15) is 19.2 Å². The van der Waals surface area contributed by atoms with Crippen molar-refractivity contribution in [3.8, 4) is 0 Å². The molecule has 1 fully saturated rings. The van der Waals surface area contributed by atoms with Crippen molar-refractivity contribution in [3.05, 3.63) is 71.3 Å². The summed E-state index contributed by atoms with van der Waals surface area (Å²) in [5.41, 5.74) is 0.108. The normalized spacial score (nSPS) is 21.3. The SMILES string of the molecule is CCOC(=O)C1(CN2C(=O)c3ccccc3C2=O)CCN(Cc2ccccc2)CC1=O. The Bertz CT molecular complexity index is 1000. The van der Waals surface area contributed by atoms with Gasteiger partial charge in [-0.25, -0.2) is 0 Å². The van der Waals surface area contributed by atoms with Crippen molar-refractivity contribution in [2.45, 2.75) is 19.9 Å². The highest BCUT2D eigenvalue weighted by Gasteiger charge is 2.53. The number of nitrogens with zero attached hydrogens (tertiary/aromatic N) is 2. The maximum Gasteiger partial charge on any atom is 0.321 e. The number of Topliss-reactive ketones (excluding diaryl/α,β-unsaturated/α-hetero) is 1. The number of amides is 2. The molecule has 160 valence electrons. The van der Waals surface area contributed by atoms with Gasteiger partial charge in [-0.05, 0) is 31.0 Å². The molecule has 7 nitrogen and oxygen atoms in total. The number of ether oxygens (including phenoxy) is 1. The van der Waals surface area contributed by atoms with Gasteiger partial charge in [-0.1, -0.05) is 42.5 Å². The van der Waals surface area contributed by atoms with Crippen molar-refractivity contribution in [2.75, 3.05) is 26.2 Å². The molecule has 0 saturated carbocycles. The van der Waals surface area contributed by atoms with Crippen LogP contribution in [0, 0.1) is 5.41 Å². The van der Waals surface area contributed by atoms with Crippen LogP contribution in [0.5, 0.6) is 0 Å². The lowest BCUT2D eigenvalue weighted by Crippen LogP contribution is -2.58. The number of piperidine rings is 1. The van der Waals surface area contributed by atoms with Crippen molar-refractivity contribution < 1.29 is 23.9 Å². The van der Waals surface area contributed by atoms with Crippen LogP contribution in [0.2, 0.25) is 0 Å². The summed E-state index contributed by atoms with van der Waals surface area (Å²) in [6.45, 7) is 2.60. The summed E-state index contributed by atoms with van der Waals surface area (Å²) in [5.74, 6) is -1.96. The molecule has 0 aromatic heterocycles. The second-order valence-electron chi connectivity index (χ2n) is 7.91. The molecule has 2 amide bonds. The van der Waals surface area contributed by atoms with Gasteiger partial charge in [0.05, 0.1) is 30.8 Å². The Morgan fingerprint density at radius 1 is 0.968 bits per heavy atom. The Morgan fingerprint density at radius 3 is 2.16 bits per heavy atom. The molecular formula is C24H24N2O5. The van der Waals surface area contributed by atoms with Crippen LogP contribution in [0.1, 0.15) is 39.6 Å². The van der Waals surface area contributed by atoms with E-state index in [1.165, 1.54) is 0 Å². The van der Waals surface area contributed by atoms with Crippen LogP contribution in [-0.4, -0.2) is 59.6 Å². The average molecular weight is 420 g/mol. The van der Waals surface area contributed by atoms with E-state index in [0.29, 0.717) is 24.2 Å². The zero-order valence-corrected chi connectivity index (χ0v) is 17.4. The smallest absolute Gasteiger partial charge is 0.321 e. The molecule has 1 unspecified atom stereocenters. The average Bonchev–Trinajstić information content (AvgIpc) is 3.01. The predicted molar refractivity (Wildman–Crippen MR) is 112 cm³/mol. The number of carbonyl (C=O) groups excluding carboxylic acids is 4. The molecule has 31 heavy (non-hydrogen) atoms. The van der Waals surface area contributed by atoms with E-state index in [1.54, 1.807) is 31.2 Å². The number of carbonyl (C=O) groups is 4. The molecule has 2 aromatic rings. The minimum absolute atomic E-state index is 0.0525. The molecule has 7 heteroatoms. The van der Waals surface area contributed by atoms with Gasteiger partial charge >= 0.3 is 5.97 Å². The Kier molecular flexibility index (Phi) is 5.69. The van der Waals surface area contributed by atoms with Gasteiger partial charge in [-0.2, -0.15) is 0 Å². The van der Waals surface area contributed by atoms with Gasteiger partial charge in [0.2, 0.25) is 0 Å². The van der Waals surface area contributed by atoms with E-state index in [2.05, 4.69) is 0 Å². The van der Waals surface area contributed by atoms with Crippen LogP contribution in [0.25, 0.3) is 0 Å². The minimum Gasteiger partial charge on any atom is -0.465 e. The number of hydrogen-bond donors (Lipinski definition) is 0. The quantitative estimate of drug-likeness (QED) is 0.405. The van der Waals surface area contributed by atoms with E-state index in [1.807, 2.05) is 35.2 Å². The van der Waals surface area contributed by atoms with Crippen molar-refractivity contribution in [3.63, 3.8) is 0 Å². The van der Waals surface area contributed by atoms with Crippen LogP contribution >= 0.6 is 0 Å². The van der Waals surface area contributed by atoms with Gasteiger partial charge in [0, 0.05) is 13.1 Å². The highest BCUT2D eigenvalue weighted by Crippen LogP contribution is 2.35. The van der Waals surface area contributed by atoms with Gasteiger partial charge in [0.25, 0.3) is 11.8 Å². The van der Waals surface area contributed by atoms with E-state index < -0.39 is 23.2 Å². The Hall–Kier alpha value is -3.32. The summed E-state index contributed by atoms with van der Waals surface area (Å²) in [6, 6.07) is 16.3. The summed E-state index contributed by atoms with van der Waals surface area (Å²) in [6.07, 6.45) is 0.185. The lowest BCUT2D eigenvalue weighted by molar-refractivity contribution is -0.164. The number of rotatable bonds is 6. The highest BCUT2D eigenvalue weighted by atomic mass is 16.5. The lowest BCUT2D eigenvalue weighted by atomic mass is 9.76. The fourth-order valence-electron chi connectivity index (χ4n) is 4.27. The molecule has 4 rings (SSSR count). The third kappa shape index (κ3) is 3.77. The van der Waals surface area contributed by atoms with Gasteiger partial charge < -0.3 is 4.74 Å². The standard InChI is InChI=1S/C24H24N2O5/c1-2-31-23(30)24(16-26-21(28)18-10-6-7-11-19(18)22(26)29)12-13-25(15-20(24)27)14-17-8-4-3-5-9-17/h3-11H,2,12-16H2,1H3. The van der Waals surface area contributed by atoms with E-state index in [0.717, 1.165) is 10.5 Å². The third-order valence-corrected chi connectivity index (χ3v) is 5.98. The fraction of sp³-hybridized carbons (Fsp3) is 0.333. The van der Waals surface area contributed by atoms with E-state index in [-0.39, 0.29) is 31.9 Å². The van der Waals surface area contributed by atoms with Crippen molar-refractivity contribution in [1.29, 1.82) is 0 Å². The number of fused-ring (bicyclic) bond motifs is 1. The molecule has 1 atom stereocenters. The Labute approximate surface area is 180 Å². The fourth-order valence-corrected chi connectivity index (χ4v) is 4.27. The van der Waals surface area contributed by atoms with Crippen molar-refractivity contribution >= 4 is 23.6 Å². The number of likely N-dealkylation sites (tertiary alicyclic amines) is 1. The first-order valence-corrected chi connectivity index (χ1v) is 10.4. The molecule has 0 aliphatic carbocycles. The van der Waals surface area contributed by atoms with Gasteiger partial charge in [-0.3, -0.25) is 29.0 Å². The summed E-state index contributed by atoms with van der Waals surface area (Å²) in [5, 5.41) is 0. The lowest BCUT2D eigenvalue weighted by Gasteiger charge is -2.39. The molecule has 2 aliphatic rings. The van der Waals surface area contributed by atoms with Crippen LogP contribution in [0.4, 0.5) is 0 Å². The first-order chi connectivity index (χ1) is 15.0. The molecular weight excluding hydrogens is 396 g/mol. The summed E-state index contributed by atoms with van der Waals surface area (Å²) >= 11 is 0. The Morgan fingerprint density at radius 2 is 1.58 bits per heavy atom. The van der Waals surface area contributed by atoms with Gasteiger partial charge in [0.15, 0.2) is 5.78 Å². The molecule has 2 heterocycles. The third-order valence-electron chi connectivity index (χ3n) is 5.98. The first kappa shape index (κ1) is 20.9. The summed E-state index contributed by atoms with van der Waals surface area (Å²) in [4.78, 5) is 55.0. The number of esters is 1. The number of ketones is 1.